The summed E-state index contributed by atoms with van der Waals surface area (Å²) in [6, 6.07) is 15.6. The average molecular weight is 445 g/mol. The number of hydrogen-bond donors (Lipinski definition) is 0. The van der Waals surface area contributed by atoms with Crippen molar-refractivity contribution in [2.45, 2.75) is 26.8 Å². The molecule has 0 aliphatic heterocycles. The molecule has 0 saturated carbocycles. The lowest BCUT2D eigenvalue weighted by Gasteiger charge is -2.09. The van der Waals surface area contributed by atoms with Crippen molar-refractivity contribution in [3.05, 3.63) is 93.6 Å². The molecule has 32 heavy (non-hydrogen) atoms. The van der Waals surface area contributed by atoms with Crippen LogP contribution in [0.5, 0.6) is 0 Å². The fraction of sp³-hybridized carbons (Fsp3) is 0.192. The SMILES string of the molecule is Cc1cc(C(=O)COC(=O)/C=C/c2cccc3cccnc23)c(C)n1CCc1cccs1. The molecule has 0 fully saturated rings. The fourth-order valence-electron chi connectivity index (χ4n) is 3.79. The third-order valence-corrected chi connectivity index (χ3v) is 6.38. The largest absolute Gasteiger partial charge is 0.454 e. The second-order valence-corrected chi connectivity index (χ2v) is 8.58. The molecular weight excluding hydrogens is 420 g/mol. The smallest absolute Gasteiger partial charge is 0.331 e. The first kappa shape index (κ1) is 21.7. The molecule has 0 amide bonds. The van der Waals surface area contributed by atoms with Gasteiger partial charge in [-0.25, -0.2) is 4.79 Å². The van der Waals surface area contributed by atoms with Crippen LogP contribution >= 0.6 is 11.3 Å². The maximum absolute atomic E-state index is 12.7. The molecule has 0 spiro atoms. The molecule has 162 valence electrons. The summed E-state index contributed by atoms with van der Waals surface area (Å²) in [5.41, 5.74) is 4.16. The Morgan fingerprint density at radius 3 is 2.78 bits per heavy atom. The Hall–Kier alpha value is -3.51. The molecule has 3 aromatic heterocycles. The molecule has 1 aromatic carbocycles. The first-order valence-corrected chi connectivity index (χ1v) is 11.3. The van der Waals surface area contributed by atoms with Gasteiger partial charge in [0.15, 0.2) is 6.61 Å². The molecule has 0 bridgehead atoms. The number of Topliss-reactive ketones (excluding diaryl/α,β-unsaturated/α-hetero) is 1. The summed E-state index contributed by atoms with van der Waals surface area (Å²) in [4.78, 5) is 30.6. The summed E-state index contributed by atoms with van der Waals surface area (Å²) in [6.45, 7) is 4.45. The standard InChI is InChI=1S/C26H24N2O3S/c1-18-16-23(19(2)28(18)14-12-22-9-5-15-32-22)24(29)17-31-25(30)11-10-21-7-3-6-20-8-4-13-27-26(20)21/h3-11,13,15-16H,12,14,17H2,1-2H3/b11-10+. The van der Waals surface area contributed by atoms with Crippen LogP contribution in [0.1, 0.15) is 32.2 Å². The van der Waals surface area contributed by atoms with Gasteiger partial charge in [0.1, 0.15) is 0 Å². The van der Waals surface area contributed by atoms with E-state index in [1.165, 1.54) is 11.0 Å². The number of hydrogen-bond acceptors (Lipinski definition) is 5. The predicted molar refractivity (Wildman–Crippen MR) is 128 cm³/mol. The number of aryl methyl sites for hydroxylation is 2. The zero-order chi connectivity index (χ0) is 22.5. The maximum atomic E-state index is 12.7. The summed E-state index contributed by atoms with van der Waals surface area (Å²) >= 11 is 1.73. The van der Waals surface area contributed by atoms with Gasteiger partial charge < -0.3 is 9.30 Å². The van der Waals surface area contributed by atoms with Crippen LogP contribution in [0.15, 0.2) is 66.2 Å². The molecule has 0 unspecified atom stereocenters. The molecule has 0 radical (unpaired) electrons. The second kappa shape index (κ2) is 9.75. The minimum Gasteiger partial charge on any atom is -0.454 e. The summed E-state index contributed by atoms with van der Waals surface area (Å²) in [7, 11) is 0. The Balaban J connectivity index is 1.37. The number of ketones is 1. The van der Waals surface area contributed by atoms with Crippen LogP contribution in [0.25, 0.3) is 17.0 Å². The van der Waals surface area contributed by atoms with E-state index in [1.807, 2.05) is 56.3 Å². The molecular formula is C26H24N2O3S. The summed E-state index contributed by atoms with van der Waals surface area (Å²) in [5.74, 6) is -0.758. The van der Waals surface area contributed by atoms with Crippen molar-refractivity contribution in [2.24, 2.45) is 0 Å². The number of benzene rings is 1. The third-order valence-electron chi connectivity index (χ3n) is 5.44. The maximum Gasteiger partial charge on any atom is 0.331 e. The van der Waals surface area contributed by atoms with E-state index in [-0.39, 0.29) is 12.4 Å². The number of aromatic nitrogens is 2. The van der Waals surface area contributed by atoms with Crippen LogP contribution in [-0.2, 0) is 22.5 Å². The number of esters is 1. The normalized spacial score (nSPS) is 11.3. The van der Waals surface area contributed by atoms with Crippen LogP contribution in [0.3, 0.4) is 0 Å². The fourth-order valence-corrected chi connectivity index (χ4v) is 4.49. The Bertz CT molecular complexity index is 1280. The number of nitrogens with zero attached hydrogens (tertiary/aromatic N) is 2. The van der Waals surface area contributed by atoms with E-state index in [0.717, 1.165) is 40.8 Å². The van der Waals surface area contributed by atoms with Crippen LogP contribution < -0.4 is 0 Å². The Morgan fingerprint density at radius 1 is 1.12 bits per heavy atom. The molecule has 0 aliphatic carbocycles. The van der Waals surface area contributed by atoms with Gasteiger partial charge in [-0.1, -0.05) is 30.3 Å². The number of fused-ring (bicyclic) bond motifs is 1. The minimum absolute atomic E-state index is 0.200. The first-order valence-electron chi connectivity index (χ1n) is 10.4. The highest BCUT2D eigenvalue weighted by atomic mass is 32.1. The van der Waals surface area contributed by atoms with Crippen LogP contribution in [0.4, 0.5) is 0 Å². The summed E-state index contributed by atoms with van der Waals surface area (Å²) < 4.78 is 7.35. The molecule has 0 saturated heterocycles. The van der Waals surface area contributed by atoms with Crippen LogP contribution in [-0.4, -0.2) is 27.9 Å². The van der Waals surface area contributed by atoms with Gasteiger partial charge in [-0.05, 0) is 49.9 Å². The second-order valence-electron chi connectivity index (χ2n) is 7.55. The lowest BCUT2D eigenvalue weighted by atomic mass is 10.1. The third kappa shape index (κ3) is 4.86. The number of carbonyl (C=O) groups excluding carboxylic acids is 2. The van der Waals surface area contributed by atoms with Crippen molar-refractivity contribution < 1.29 is 14.3 Å². The number of rotatable bonds is 8. The van der Waals surface area contributed by atoms with Gasteiger partial charge in [0, 0.05) is 51.6 Å². The summed E-state index contributed by atoms with van der Waals surface area (Å²) in [6.07, 6.45) is 5.64. The molecule has 0 atom stereocenters. The minimum atomic E-state index is -0.558. The van der Waals surface area contributed by atoms with Gasteiger partial charge in [-0.2, -0.15) is 0 Å². The quantitative estimate of drug-likeness (QED) is 0.207. The molecule has 5 nitrogen and oxygen atoms in total. The van der Waals surface area contributed by atoms with Crippen molar-refractivity contribution in [2.75, 3.05) is 6.61 Å². The highest BCUT2D eigenvalue weighted by molar-refractivity contribution is 7.09. The van der Waals surface area contributed by atoms with E-state index >= 15 is 0 Å². The highest BCUT2D eigenvalue weighted by Gasteiger charge is 2.17. The monoisotopic (exact) mass is 444 g/mol. The van der Waals surface area contributed by atoms with Crippen molar-refractivity contribution >= 4 is 40.1 Å². The van der Waals surface area contributed by atoms with E-state index in [9.17, 15) is 9.59 Å². The number of para-hydroxylation sites is 1. The van der Waals surface area contributed by atoms with E-state index in [1.54, 1.807) is 23.6 Å². The van der Waals surface area contributed by atoms with Gasteiger partial charge in [-0.15, -0.1) is 11.3 Å². The lowest BCUT2D eigenvalue weighted by Crippen LogP contribution is -2.14. The van der Waals surface area contributed by atoms with Crippen molar-refractivity contribution in [3.63, 3.8) is 0 Å². The van der Waals surface area contributed by atoms with Crippen LogP contribution in [0, 0.1) is 13.8 Å². The van der Waals surface area contributed by atoms with E-state index in [0.29, 0.717) is 5.56 Å². The van der Waals surface area contributed by atoms with E-state index in [2.05, 4.69) is 21.0 Å². The topological polar surface area (TPSA) is 61.2 Å². The lowest BCUT2D eigenvalue weighted by molar-refractivity contribution is -0.136. The Kier molecular flexibility index (Phi) is 6.61. The van der Waals surface area contributed by atoms with Crippen molar-refractivity contribution in [1.82, 2.24) is 9.55 Å². The predicted octanol–water partition coefficient (Wildman–Crippen LogP) is 5.40. The van der Waals surface area contributed by atoms with Crippen molar-refractivity contribution in [1.29, 1.82) is 0 Å². The van der Waals surface area contributed by atoms with Crippen molar-refractivity contribution in [3.8, 4) is 0 Å². The van der Waals surface area contributed by atoms with Crippen LogP contribution in [0.2, 0.25) is 0 Å². The molecule has 4 aromatic rings. The number of ether oxygens (including phenoxy) is 1. The van der Waals surface area contributed by atoms with Gasteiger partial charge in [0.25, 0.3) is 0 Å². The number of thiophene rings is 1. The average Bonchev–Trinajstić information content (AvgIpc) is 3.42. The van der Waals surface area contributed by atoms with Gasteiger partial charge in [-0.3, -0.25) is 9.78 Å². The van der Waals surface area contributed by atoms with Gasteiger partial charge >= 0.3 is 5.97 Å². The molecule has 3 heterocycles. The number of pyridine rings is 1. The van der Waals surface area contributed by atoms with E-state index < -0.39 is 5.97 Å². The highest BCUT2D eigenvalue weighted by Crippen LogP contribution is 2.19. The van der Waals surface area contributed by atoms with Gasteiger partial charge in [0.2, 0.25) is 5.78 Å². The molecule has 6 heteroatoms. The number of carbonyl (C=O) groups is 2. The Labute approximate surface area is 191 Å². The molecule has 0 N–H and O–H groups in total. The summed E-state index contributed by atoms with van der Waals surface area (Å²) in [5, 5.41) is 3.06. The molecule has 4 rings (SSSR count). The first-order chi connectivity index (χ1) is 15.5. The van der Waals surface area contributed by atoms with E-state index in [4.69, 9.17) is 4.74 Å². The molecule has 0 aliphatic rings. The zero-order valence-corrected chi connectivity index (χ0v) is 18.9. The van der Waals surface area contributed by atoms with Gasteiger partial charge in [0.05, 0.1) is 5.52 Å². The zero-order valence-electron chi connectivity index (χ0n) is 18.1. The Morgan fingerprint density at radius 2 is 1.97 bits per heavy atom.